The van der Waals surface area contributed by atoms with Crippen LogP contribution in [0.1, 0.15) is 38.8 Å². The first-order valence-electron chi connectivity index (χ1n) is 11.7. The molecule has 2 aromatic heterocycles. The number of alkyl halides is 3. The predicted octanol–water partition coefficient (Wildman–Crippen LogP) is 4.13. The van der Waals surface area contributed by atoms with Crippen molar-refractivity contribution in [1.82, 2.24) is 24.6 Å². The Morgan fingerprint density at radius 3 is 2.45 bits per heavy atom. The molecule has 0 saturated heterocycles. The molecule has 0 fully saturated rings. The van der Waals surface area contributed by atoms with E-state index in [0.717, 1.165) is 12.1 Å². The van der Waals surface area contributed by atoms with Crippen LogP contribution >= 0.6 is 7.52 Å². The summed E-state index contributed by atoms with van der Waals surface area (Å²) in [5.41, 5.74) is 6.29. The molecular weight excluding hydrogens is 528 g/mol. The number of imidazole rings is 1. The predicted molar refractivity (Wildman–Crippen MR) is 133 cm³/mol. The minimum Gasteiger partial charge on any atom is -0.462 e. The van der Waals surface area contributed by atoms with Crippen molar-refractivity contribution in [1.29, 1.82) is 0 Å². The van der Waals surface area contributed by atoms with Crippen molar-refractivity contribution in [3.8, 4) is 0 Å². The first-order chi connectivity index (χ1) is 17.8. The number of carbonyl (C=O) groups excluding carboxylic acids is 1. The van der Waals surface area contributed by atoms with E-state index in [4.69, 9.17) is 19.7 Å². The van der Waals surface area contributed by atoms with Crippen LogP contribution in [0.2, 0.25) is 0 Å². The maximum absolute atomic E-state index is 13.7. The minimum atomic E-state index is -4.48. The Labute approximate surface area is 217 Å². The summed E-state index contributed by atoms with van der Waals surface area (Å²) in [4.78, 5) is 24.6. The maximum atomic E-state index is 13.7. The number of nitrogens with zero attached hydrogens (tertiary/aromatic N) is 4. The van der Waals surface area contributed by atoms with Crippen molar-refractivity contribution in [2.75, 3.05) is 12.1 Å². The Hall–Kier alpha value is -3.06. The van der Waals surface area contributed by atoms with Gasteiger partial charge >= 0.3 is 12.1 Å². The normalized spacial score (nSPS) is 15.4. The van der Waals surface area contributed by atoms with Gasteiger partial charge in [0.2, 0.25) is 0 Å². The van der Waals surface area contributed by atoms with Crippen LogP contribution in [0.25, 0.3) is 11.2 Å². The van der Waals surface area contributed by atoms with Gasteiger partial charge < -0.3 is 24.3 Å². The number of esters is 1. The molecule has 0 radical (unpaired) electrons. The number of fused-ring (bicyclic) bond motifs is 1. The van der Waals surface area contributed by atoms with Crippen LogP contribution in [0.5, 0.6) is 0 Å². The number of aromatic nitrogens is 4. The van der Waals surface area contributed by atoms with Crippen LogP contribution in [-0.2, 0) is 42.7 Å². The van der Waals surface area contributed by atoms with Gasteiger partial charge in [-0.3, -0.25) is 9.36 Å². The Morgan fingerprint density at radius 1 is 1.13 bits per heavy atom. The number of halogens is 3. The number of benzene rings is 1. The number of nitrogen functional groups attached to an aromatic ring is 1. The first-order valence-corrected chi connectivity index (χ1v) is 13.5. The fraction of sp³-hybridized carbons (Fsp3) is 0.478. The molecule has 1 unspecified atom stereocenters. The largest absolute Gasteiger partial charge is 0.462 e. The summed E-state index contributed by atoms with van der Waals surface area (Å²) in [5, 5.41) is 2.65. The highest BCUT2D eigenvalue weighted by Gasteiger charge is 2.32. The highest BCUT2D eigenvalue weighted by molar-refractivity contribution is 7.56. The lowest BCUT2D eigenvalue weighted by atomic mass is 10.1. The molecule has 0 saturated carbocycles. The molecule has 0 aliphatic carbocycles. The fourth-order valence-electron chi connectivity index (χ4n) is 3.35. The fourth-order valence-corrected chi connectivity index (χ4v) is 5.08. The summed E-state index contributed by atoms with van der Waals surface area (Å²) < 4.78 is 70.5. The summed E-state index contributed by atoms with van der Waals surface area (Å²) in [7, 11) is -3.85. The van der Waals surface area contributed by atoms with Gasteiger partial charge in [-0.1, -0.05) is 12.1 Å². The molecular formula is C23H30F3N6O5P. The number of hydrogen-bond donors (Lipinski definition) is 2. The summed E-state index contributed by atoms with van der Waals surface area (Å²) >= 11 is 0. The van der Waals surface area contributed by atoms with E-state index in [1.807, 2.05) is 0 Å². The first kappa shape index (κ1) is 29.5. The van der Waals surface area contributed by atoms with Crippen molar-refractivity contribution < 1.29 is 36.5 Å². The summed E-state index contributed by atoms with van der Waals surface area (Å²) in [6, 6.07) is 3.26. The number of anilines is 1. The van der Waals surface area contributed by atoms with E-state index in [2.05, 4.69) is 20.0 Å². The highest BCUT2D eigenvalue weighted by Crippen LogP contribution is 2.44. The molecule has 3 N–H and O–H groups in total. The van der Waals surface area contributed by atoms with Crippen LogP contribution in [-0.4, -0.2) is 50.1 Å². The zero-order valence-corrected chi connectivity index (χ0v) is 22.2. The average molecular weight is 558 g/mol. The Morgan fingerprint density at radius 2 is 1.82 bits per heavy atom. The van der Waals surface area contributed by atoms with Gasteiger partial charge in [-0.05, 0) is 45.4 Å². The SMILES string of the molecule is CC(C)OC(=O)[C@H](C)NP(=O)(CO[C@H](C)Cn1cnc2c(N)ncnc21)OCc1ccc(C(F)(F)F)cc1. The van der Waals surface area contributed by atoms with E-state index in [9.17, 15) is 22.5 Å². The number of nitrogens with two attached hydrogens (primary N) is 1. The second-order valence-corrected chi connectivity index (χ2v) is 11.0. The van der Waals surface area contributed by atoms with Gasteiger partial charge in [0.1, 0.15) is 24.2 Å². The Balaban J connectivity index is 1.70. The lowest BCUT2D eigenvalue weighted by molar-refractivity contribution is -0.149. The summed E-state index contributed by atoms with van der Waals surface area (Å²) in [6.07, 6.45) is -2.97. The zero-order valence-electron chi connectivity index (χ0n) is 21.3. The molecule has 3 rings (SSSR count). The van der Waals surface area contributed by atoms with Gasteiger partial charge in [-0.25, -0.2) is 20.0 Å². The van der Waals surface area contributed by atoms with Crippen LogP contribution in [0.15, 0.2) is 36.9 Å². The van der Waals surface area contributed by atoms with Gasteiger partial charge in [-0.2, -0.15) is 13.2 Å². The lowest BCUT2D eigenvalue weighted by Crippen LogP contribution is -2.36. The Bertz CT molecular complexity index is 1280. The van der Waals surface area contributed by atoms with Crippen LogP contribution in [0.4, 0.5) is 19.0 Å². The van der Waals surface area contributed by atoms with E-state index >= 15 is 0 Å². The van der Waals surface area contributed by atoms with E-state index in [1.165, 1.54) is 31.7 Å². The molecule has 3 aromatic rings. The second-order valence-electron chi connectivity index (χ2n) is 8.91. The number of ether oxygens (including phenoxy) is 2. The highest BCUT2D eigenvalue weighted by atomic mass is 31.2. The number of rotatable bonds is 12. The summed E-state index contributed by atoms with van der Waals surface area (Å²) in [5.74, 6) is -0.413. The van der Waals surface area contributed by atoms with E-state index in [0.29, 0.717) is 16.7 Å². The minimum absolute atomic E-state index is 0.231. The van der Waals surface area contributed by atoms with Crippen LogP contribution in [0, 0.1) is 0 Å². The number of nitrogens with one attached hydrogen (secondary N) is 1. The molecule has 0 aliphatic heterocycles. The van der Waals surface area contributed by atoms with Crippen LogP contribution in [0.3, 0.4) is 0 Å². The molecule has 15 heteroatoms. The van der Waals surface area contributed by atoms with E-state index in [-0.39, 0.29) is 19.0 Å². The topological polar surface area (TPSA) is 143 Å². The number of hydrogen-bond acceptors (Lipinski definition) is 9. The van der Waals surface area contributed by atoms with Gasteiger partial charge in [0.05, 0.1) is 37.3 Å². The average Bonchev–Trinajstić information content (AvgIpc) is 3.25. The Kier molecular flexibility index (Phi) is 9.47. The van der Waals surface area contributed by atoms with Gasteiger partial charge in [0.25, 0.3) is 7.52 Å². The quantitative estimate of drug-likeness (QED) is 0.246. The maximum Gasteiger partial charge on any atom is 0.416 e. The molecule has 0 spiro atoms. The third-order valence-corrected chi connectivity index (χ3v) is 7.04. The molecule has 0 amide bonds. The van der Waals surface area contributed by atoms with Gasteiger partial charge in [0, 0.05) is 0 Å². The second kappa shape index (κ2) is 12.2. The van der Waals surface area contributed by atoms with Crippen molar-refractivity contribution in [2.24, 2.45) is 0 Å². The van der Waals surface area contributed by atoms with E-state index < -0.39 is 49.8 Å². The van der Waals surface area contributed by atoms with Crippen molar-refractivity contribution >= 4 is 30.5 Å². The van der Waals surface area contributed by atoms with Crippen molar-refractivity contribution in [3.05, 3.63) is 48.0 Å². The lowest BCUT2D eigenvalue weighted by Gasteiger charge is -2.25. The third-order valence-electron chi connectivity index (χ3n) is 5.23. The third kappa shape index (κ3) is 7.97. The van der Waals surface area contributed by atoms with Crippen molar-refractivity contribution in [2.45, 2.75) is 65.3 Å². The van der Waals surface area contributed by atoms with Crippen LogP contribution < -0.4 is 10.8 Å². The molecule has 2 heterocycles. The molecule has 0 aliphatic rings. The standard InChI is InChI=1S/C23H30F3N6O5P/c1-14(2)37-22(33)16(4)31-38(34,36-10-17-5-7-18(8-6-17)23(24,25)26)13-35-15(3)9-32-12-30-19-20(27)28-11-29-21(19)32/h5-8,11-12,14-16H,9-10,13H2,1-4H3,(H,31,34)(H2,27,28,29)/t15-,16+,38?/m1/s1. The van der Waals surface area contributed by atoms with Gasteiger partial charge in [-0.15, -0.1) is 0 Å². The molecule has 0 bridgehead atoms. The molecule has 38 heavy (non-hydrogen) atoms. The molecule has 208 valence electrons. The zero-order chi connectivity index (χ0) is 28.1. The molecule has 1 aromatic carbocycles. The van der Waals surface area contributed by atoms with E-state index in [1.54, 1.807) is 25.3 Å². The van der Waals surface area contributed by atoms with Crippen molar-refractivity contribution in [3.63, 3.8) is 0 Å². The smallest absolute Gasteiger partial charge is 0.416 e. The summed E-state index contributed by atoms with van der Waals surface area (Å²) in [6.45, 7) is 6.53. The molecule has 3 atom stereocenters. The monoisotopic (exact) mass is 558 g/mol. The molecule has 11 nitrogen and oxygen atoms in total. The van der Waals surface area contributed by atoms with Gasteiger partial charge in [0.15, 0.2) is 11.5 Å². The number of carbonyl (C=O) groups is 1.